The Labute approximate surface area is 291 Å². The van der Waals surface area contributed by atoms with Crippen LogP contribution in [0.5, 0.6) is 0 Å². The van der Waals surface area contributed by atoms with Gasteiger partial charge in [0, 0.05) is 0 Å². The third-order valence-electron chi connectivity index (χ3n) is 8.01. The molecule has 4 atom stereocenters. The lowest BCUT2D eigenvalue weighted by molar-refractivity contribution is -0.173. The minimum atomic E-state index is -2.23. The monoisotopic (exact) mass is 698 g/mol. The summed E-state index contributed by atoms with van der Waals surface area (Å²) in [4.78, 5) is 70.7. The molecule has 0 bridgehead atoms. The Balaban J connectivity index is 1.39. The van der Waals surface area contributed by atoms with E-state index in [1.54, 1.807) is 99.6 Å². The lowest BCUT2D eigenvalue weighted by Crippen LogP contribution is -2.75. The zero-order valence-corrected chi connectivity index (χ0v) is 28.4. The van der Waals surface area contributed by atoms with Gasteiger partial charge in [0.25, 0.3) is 5.91 Å². The van der Waals surface area contributed by atoms with Crippen molar-refractivity contribution in [3.8, 4) is 0 Å². The molecule has 0 spiro atoms. The van der Waals surface area contributed by atoms with E-state index in [9.17, 15) is 34.1 Å². The molecule has 50 heavy (non-hydrogen) atoms. The lowest BCUT2D eigenvalue weighted by Gasteiger charge is -2.47. The number of rotatable bonds is 10. The number of benzene rings is 3. The number of amides is 2. The molecule has 2 unspecified atom stereocenters. The first-order valence-electron chi connectivity index (χ1n) is 15.5. The number of hydrogen-bond acceptors (Lipinski definition) is 9. The minimum Gasteiger partial charge on any atom is -0.604 e. The van der Waals surface area contributed by atoms with Crippen LogP contribution in [0.1, 0.15) is 56.4 Å². The molecule has 0 aromatic heterocycles. The fourth-order valence-corrected chi connectivity index (χ4v) is 6.97. The van der Waals surface area contributed by atoms with Crippen molar-refractivity contribution in [1.82, 2.24) is 10.2 Å². The molecule has 13 nitrogen and oxygen atoms in total. The summed E-state index contributed by atoms with van der Waals surface area (Å²) in [5, 5.41) is 0.696. The van der Waals surface area contributed by atoms with Gasteiger partial charge in [-0.1, -0.05) is 91.0 Å². The van der Waals surface area contributed by atoms with Crippen molar-refractivity contribution in [2.75, 3.05) is 6.79 Å². The molecular formula is C36H34N4O9S. The second-order valence-electron chi connectivity index (χ2n) is 12.5. The first-order valence-corrected chi connectivity index (χ1v) is 16.7. The van der Waals surface area contributed by atoms with E-state index in [0.717, 1.165) is 4.90 Å². The summed E-state index contributed by atoms with van der Waals surface area (Å²) in [7, 11) is 0. The number of β-lactam (4-membered cyclic amide) rings is 1. The first kappa shape index (κ1) is 35.7. The van der Waals surface area contributed by atoms with Crippen LogP contribution < -0.4 is 5.32 Å². The van der Waals surface area contributed by atoms with E-state index in [1.165, 1.54) is 6.92 Å². The maximum atomic E-state index is 14.0. The Morgan fingerprint density at radius 1 is 0.900 bits per heavy atom. The molecule has 1 saturated heterocycles. The van der Waals surface area contributed by atoms with Crippen LogP contribution in [0.4, 0.5) is 0 Å². The van der Waals surface area contributed by atoms with E-state index < -0.39 is 87.3 Å². The van der Waals surface area contributed by atoms with Crippen molar-refractivity contribution < 1.29 is 47.5 Å². The number of esters is 3. The number of carbonyl (C=O) groups is 5. The Morgan fingerprint density at radius 3 is 1.92 bits per heavy atom. The van der Waals surface area contributed by atoms with Gasteiger partial charge in [0.15, 0.2) is 18.1 Å². The van der Waals surface area contributed by atoms with Gasteiger partial charge in [-0.05, 0) is 44.4 Å². The van der Waals surface area contributed by atoms with Crippen LogP contribution in [0.3, 0.4) is 0 Å². The SMILES string of the molecule is CC1=C(C(=O)OCOC(=O)C(C)(C)C)N2C(=O)C(NC(=O)C(C(=O)OC(c3ccccc3)c3ccccc3)c3ccccc3)[C@@H]2[S@@+]([O-])C1=[N+]=[N-]. The summed E-state index contributed by atoms with van der Waals surface area (Å²) in [6, 6.07) is 24.6. The molecule has 2 aliphatic heterocycles. The molecule has 1 fully saturated rings. The number of carbonyl (C=O) groups excluding carboxylic acids is 5. The molecule has 0 saturated carbocycles. The summed E-state index contributed by atoms with van der Waals surface area (Å²) in [6.45, 7) is 5.34. The summed E-state index contributed by atoms with van der Waals surface area (Å²) in [5.74, 6) is -6.01. The fourth-order valence-electron chi connectivity index (χ4n) is 5.43. The van der Waals surface area contributed by atoms with Crippen LogP contribution in [0, 0.1) is 5.41 Å². The van der Waals surface area contributed by atoms with Crippen LogP contribution in [-0.4, -0.2) is 67.2 Å². The van der Waals surface area contributed by atoms with Gasteiger partial charge < -0.3 is 29.6 Å². The highest BCUT2D eigenvalue weighted by Gasteiger charge is 2.66. The Kier molecular flexibility index (Phi) is 10.7. The topological polar surface area (TPSA) is 188 Å². The van der Waals surface area contributed by atoms with Gasteiger partial charge in [-0.2, -0.15) is 0 Å². The van der Waals surface area contributed by atoms with Crippen LogP contribution in [0.25, 0.3) is 5.53 Å². The molecule has 3 aromatic carbocycles. The average molecular weight is 699 g/mol. The standard InChI is InChI=1S/C36H34N4O9S/c1-21-27(34(44)47-20-48-35(45)36(2,3)4)40-31(42)26(32(40)50(46)30(21)39-37)38-29(41)25(22-14-8-5-9-15-22)33(43)49-28(23-16-10-6-11-17-23)24-18-12-7-13-19-24/h5-19,25-26,28,32H,20H2,1-4H3,(H,38,41)/t25?,26?,32-,50-/m0/s1. The van der Waals surface area contributed by atoms with E-state index in [0.29, 0.717) is 11.1 Å². The van der Waals surface area contributed by atoms with Gasteiger partial charge in [0.05, 0.1) is 16.6 Å². The third-order valence-corrected chi connectivity index (χ3v) is 9.70. The maximum absolute atomic E-state index is 14.0. The molecule has 2 heterocycles. The van der Waals surface area contributed by atoms with Crippen LogP contribution in [-0.2, 0) is 49.4 Å². The number of fused-ring (bicyclic) bond motifs is 1. The van der Waals surface area contributed by atoms with E-state index in [-0.39, 0.29) is 11.1 Å². The van der Waals surface area contributed by atoms with Crippen LogP contribution >= 0.6 is 0 Å². The van der Waals surface area contributed by atoms with Crippen molar-refractivity contribution in [2.24, 2.45) is 5.41 Å². The number of nitrogens with one attached hydrogen (secondary N) is 1. The van der Waals surface area contributed by atoms with Crippen molar-refractivity contribution in [1.29, 1.82) is 0 Å². The number of hydrogen-bond donors (Lipinski definition) is 1. The summed E-state index contributed by atoms with van der Waals surface area (Å²) < 4.78 is 29.6. The third kappa shape index (κ3) is 7.22. The Morgan fingerprint density at radius 2 is 1.42 bits per heavy atom. The highest BCUT2D eigenvalue weighted by molar-refractivity contribution is 8.07. The predicted molar refractivity (Wildman–Crippen MR) is 179 cm³/mol. The number of ether oxygens (including phenoxy) is 3. The van der Waals surface area contributed by atoms with Crippen molar-refractivity contribution >= 4 is 45.9 Å². The summed E-state index contributed by atoms with van der Waals surface area (Å²) in [5.41, 5.74) is 9.89. The predicted octanol–water partition coefficient (Wildman–Crippen LogP) is 3.51. The smallest absolute Gasteiger partial charge is 0.490 e. The highest BCUT2D eigenvalue weighted by Crippen LogP contribution is 2.38. The highest BCUT2D eigenvalue weighted by atomic mass is 32.2. The normalized spacial score (nSPS) is 19.1. The molecule has 0 radical (unpaired) electrons. The van der Waals surface area contributed by atoms with E-state index in [4.69, 9.17) is 14.2 Å². The van der Waals surface area contributed by atoms with E-state index in [1.807, 2.05) is 12.1 Å². The Bertz CT molecular complexity index is 1830. The lowest BCUT2D eigenvalue weighted by atomic mass is 9.95. The summed E-state index contributed by atoms with van der Waals surface area (Å²) >= 11 is -2.23. The largest absolute Gasteiger partial charge is 0.604 e. The molecule has 2 amide bonds. The van der Waals surface area contributed by atoms with Crippen molar-refractivity contribution in [3.63, 3.8) is 0 Å². The minimum absolute atomic E-state index is 0.119. The van der Waals surface area contributed by atoms with Gasteiger partial charge >= 0.3 is 23.0 Å². The zero-order valence-electron chi connectivity index (χ0n) is 27.6. The Hall–Kier alpha value is -5.56. The van der Waals surface area contributed by atoms with Gasteiger partial charge in [-0.25, -0.2) is 4.79 Å². The fraction of sp³-hybridized carbons (Fsp3) is 0.278. The van der Waals surface area contributed by atoms with Crippen molar-refractivity contribution in [3.05, 3.63) is 124 Å². The first-order chi connectivity index (χ1) is 23.8. The second-order valence-corrected chi connectivity index (χ2v) is 13.9. The second kappa shape index (κ2) is 14.9. The molecule has 3 aromatic rings. The van der Waals surface area contributed by atoms with Gasteiger partial charge in [-0.15, -0.1) is 4.79 Å². The zero-order chi connectivity index (χ0) is 36.2. The maximum Gasteiger partial charge on any atom is 0.490 e. The molecule has 1 N–H and O–H groups in total. The van der Waals surface area contributed by atoms with Gasteiger partial charge in [0.2, 0.25) is 18.1 Å². The molecular weight excluding hydrogens is 664 g/mol. The van der Waals surface area contributed by atoms with E-state index in [2.05, 4.69) is 10.1 Å². The van der Waals surface area contributed by atoms with Gasteiger partial charge in [-0.3, -0.25) is 24.1 Å². The van der Waals surface area contributed by atoms with Gasteiger partial charge in [0.1, 0.15) is 11.3 Å². The molecule has 0 aliphatic carbocycles. The molecule has 5 rings (SSSR count). The van der Waals surface area contributed by atoms with E-state index >= 15 is 0 Å². The molecule has 14 heteroatoms. The quantitative estimate of drug-likeness (QED) is 0.0629. The number of nitrogens with zero attached hydrogens (tertiary/aromatic N) is 3. The summed E-state index contributed by atoms with van der Waals surface area (Å²) in [6.07, 6.45) is -0.872. The molecule has 2 aliphatic rings. The average Bonchev–Trinajstić information content (AvgIpc) is 3.10. The van der Waals surface area contributed by atoms with Crippen LogP contribution in [0.2, 0.25) is 0 Å². The van der Waals surface area contributed by atoms with Crippen LogP contribution in [0.15, 0.2) is 102 Å². The van der Waals surface area contributed by atoms with Crippen molar-refractivity contribution in [2.45, 2.75) is 51.1 Å². The molecule has 258 valence electrons.